The fraction of sp³-hybridized carbons (Fsp3) is 0.111. The van der Waals surface area contributed by atoms with Crippen molar-refractivity contribution in [1.82, 2.24) is 14.6 Å². The molecule has 0 radical (unpaired) electrons. The molecule has 24 heavy (non-hydrogen) atoms. The SMILES string of the molecule is COc1cccc2c1nc(N)n1nc(Cc3cccc(Cl)c3)cc21. The summed E-state index contributed by atoms with van der Waals surface area (Å²) in [4.78, 5) is 4.44. The molecular weight excluding hydrogens is 324 g/mol. The number of aromatic nitrogens is 3. The zero-order valence-electron chi connectivity index (χ0n) is 13.0. The average Bonchev–Trinajstić information content (AvgIpc) is 2.99. The van der Waals surface area contributed by atoms with Gasteiger partial charge in [-0.25, -0.2) is 4.98 Å². The van der Waals surface area contributed by atoms with Gasteiger partial charge in [-0.3, -0.25) is 0 Å². The Morgan fingerprint density at radius 1 is 1.17 bits per heavy atom. The number of nitrogens with zero attached hydrogens (tertiary/aromatic N) is 3. The summed E-state index contributed by atoms with van der Waals surface area (Å²) >= 11 is 6.06. The van der Waals surface area contributed by atoms with Crippen molar-refractivity contribution >= 4 is 34.0 Å². The maximum absolute atomic E-state index is 6.09. The Hall–Kier alpha value is -2.79. The smallest absolute Gasteiger partial charge is 0.222 e. The summed E-state index contributed by atoms with van der Waals surface area (Å²) in [7, 11) is 1.62. The average molecular weight is 339 g/mol. The molecule has 5 nitrogen and oxygen atoms in total. The number of nitrogens with two attached hydrogens (primary N) is 1. The number of fused-ring (bicyclic) bond motifs is 3. The quantitative estimate of drug-likeness (QED) is 0.618. The van der Waals surface area contributed by atoms with Crippen molar-refractivity contribution in [2.45, 2.75) is 6.42 Å². The second-order valence-electron chi connectivity index (χ2n) is 5.57. The van der Waals surface area contributed by atoms with Gasteiger partial charge in [0.2, 0.25) is 5.95 Å². The minimum absolute atomic E-state index is 0.333. The van der Waals surface area contributed by atoms with Gasteiger partial charge in [-0.15, -0.1) is 0 Å². The molecule has 0 saturated carbocycles. The molecule has 2 heterocycles. The van der Waals surface area contributed by atoms with E-state index in [1.807, 2.05) is 48.5 Å². The number of benzene rings is 2. The topological polar surface area (TPSA) is 65.4 Å². The lowest BCUT2D eigenvalue weighted by Gasteiger charge is -2.07. The number of anilines is 1. The minimum Gasteiger partial charge on any atom is -0.494 e. The van der Waals surface area contributed by atoms with Gasteiger partial charge in [0.05, 0.1) is 18.3 Å². The van der Waals surface area contributed by atoms with E-state index in [0.717, 1.165) is 27.7 Å². The van der Waals surface area contributed by atoms with Crippen LogP contribution in [0.1, 0.15) is 11.3 Å². The fourth-order valence-electron chi connectivity index (χ4n) is 2.91. The summed E-state index contributed by atoms with van der Waals surface area (Å²) in [6, 6.07) is 15.6. The zero-order chi connectivity index (χ0) is 16.7. The standard InChI is InChI=1S/C18H15ClN4O/c1-24-16-7-3-6-14-15-10-13(9-11-4-2-5-12(19)8-11)22-23(15)18(20)21-17(14)16/h2-8,10H,9H2,1H3,(H2,20,21). The van der Waals surface area contributed by atoms with Crippen LogP contribution in [0.15, 0.2) is 48.5 Å². The van der Waals surface area contributed by atoms with Crippen LogP contribution in [0, 0.1) is 0 Å². The molecule has 4 aromatic rings. The van der Waals surface area contributed by atoms with Gasteiger partial charge in [0, 0.05) is 16.8 Å². The van der Waals surface area contributed by atoms with Crippen LogP contribution in [0.4, 0.5) is 5.95 Å². The molecule has 0 aliphatic heterocycles. The molecule has 0 spiro atoms. The Balaban J connectivity index is 1.88. The highest BCUT2D eigenvalue weighted by Gasteiger charge is 2.13. The zero-order valence-corrected chi connectivity index (χ0v) is 13.8. The highest BCUT2D eigenvalue weighted by atomic mass is 35.5. The second kappa shape index (κ2) is 5.69. The van der Waals surface area contributed by atoms with E-state index in [9.17, 15) is 0 Å². The Kier molecular flexibility index (Phi) is 3.50. The lowest BCUT2D eigenvalue weighted by atomic mass is 10.1. The number of hydrogen-bond acceptors (Lipinski definition) is 4. The molecule has 2 aromatic carbocycles. The third kappa shape index (κ3) is 2.43. The van der Waals surface area contributed by atoms with Crippen LogP contribution in [0.25, 0.3) is 16.4 Å². The summed E-state index contributed by atoms with van der Waals surface area (Å²) in [6.07, 6.45) is 0.674. The van der Waals surface area contributed by atoms with Gasteiger partial charge in [-0.1, -0.05) is 35.9 Å². The Morgan fingerprint density at radius 3 is 2.79 bits per heavy atom. The van der Waals surface area contributed by atoms with Crippen molar-refractivity contribution in [2.24, 2.45) is 0 Å². The van der Waals surface area contributed by atoms with Gasteiger partial charge in [-0.05, 0) is 29.8 Å². The summed E-state index contributed by atoms with van der Waals surface area (Å²) in [5.41, 5.74) is 9.74. The van der Waals surface area contributed by atoms with Crippen molar-refractivity contribution in [2.75, 3.05) is 12.8 Å². The molecular formula is C18H15ClN4O. The van der Waals surface area contributed by atoms with E-state index in [2.05, 4.69) is 10.1 Å². The molecule has 2 aromatic heterocycles. The highest BCUT2D eigenvalue weighted by Crippen LogP contribution is 2.29. The number of methoxy groups -OCH3 is 1. The van der Waals surface area contributed by atoms with Crippen LogP contribution < -0.4 is 10.5 Å². The molecule has 0 aliphatic rings. The molecule has 0 atom stereocenters. The van der Waals surface area contributed by atoms with E-state index in [1.165, 1.54) is 0 Å². The lowest BCUT2D eigenvalue weighted by molar-refractivity contribution is 0.419. The van der Waals surface area contributed by atoms with Crippen molar-refractivity contribution in [3.05, 3.63) is 64.8 Å². The van der Waals surface area contributed by atoms with Crippen molar-refractivity contribution in [3.63, 3.8) is 0 Å². The number of hydrogen-bond donors (Lipinski definition) is 1. The van der Waals surface area contributed by atoms with Crippen molar-refractivity contribution < 1.29 is 4.74 Å². The first-order valence-corrected chi connectivity index (χ1v) is 7.89. The van der Waals surface area contributed by atoms with E-state index in [0.29, 0.717) is 23.1 Å². The molecule has 0 amide bonds. The predicted octanol–water partition coefficient (Wildman–Crippen LogP) is 3.72. The van der Waals surface area contributed by atoms with E-state index in [4.69, 9.17) is 22.1 Å². The molecule has 0 saturated heterocycles. The first-order chi connectivity index (χ1) is 11.7. The van der Waals surface area contributed by atoms with Gasteiger partial charge in [0.15, 0.2) is 0 Å². The number of nitrogen functional groups attached to an aromatic ring is 1. The van der Waals surface area contributed by atoms with E-state index in [-0.39, 0.29) is 0 Å². The Morgan fingerprint density at radius 2 is 2.00 bits per heavy atom. The highest BCUT2D eigenvalue weighted by molar-refractivity contribution is 6.30. The van der Waals surface area contributed by atoms with Crippen LogP contribution in [0.5, 0.6) is 5.75 Å². The minimum atomic E-state index is 0.333. The van der Waals surface area contributed by atoms with Crippen LogP contribution in [-0.2, 0) is 6.42 Å². The molecule has 0 bridgehead atoms. The van der Waals surface area contributed by atoms with Crippen LogP contribution in [0.2, 0.25) is 5.02 Å². The molecule has 4 rings (SSSR count). The van der Waals surface area contributed by atoms with E-state index in [1.54, 1.807) is 11.6 Å². The first kappa shape index (κ1) is 14.8. The predicted molar refractivity (Wildman–Crippen MR) is 95.7 cm³/mol. The Labute approximate surface area is 143 Å². The summed E-state index contributed by atoms with van der Waals surface area (Å²) < 4.78 is 7.05. The largest absolute Gasteiger partial charge is 0.494 e. The van der Waals surface area contributed by atoms with Crippen LogP contribution in [0.3, 0.4) is 0 Å². The number of halogens is 1. The fourth-order valence-corrected chi connectivity index (χ4v) is 3.12. The molecule has 0 unspecified atom stereocenters. The maximum Gasteiger partial charge on any atom is 0.222 e. The lowest BCUT2D eigenvalue weighted by Crippen LogP contribution is -2.03. The maximum atomic E-state index is 6.09. The third-order valence-corrected chi connectivity index (χ3v) is 4.21. The number of rotatable bonds is 3. The number of para-hydroxylation sites is 1. The van der Waals surface area contributed by atoms with Gasteiger partial charge in [-0.2, -0.15) is 9.61 Å². The second-order valence-corrected chi connectivity index (χ2v) is 6.00. The molecule has 120 valence electrons. The van der Waals surface area contributed by atoms with Crippen LogP contribution in [-0.4, -0.2) is 21.7 Å². The monoisotopic (exact) mass is 338 g/mol. The van der Waals surface area contributed by atoms with Gasteiger partial charge >= 0.3 is 0 Å². The van der Waals surface area contributed by atoms with Gasteiger partial charge < -0.3 is 10.5 Å². The van der Waals surface area contributed by atoms with Crippen molar-refractivity contribution in [3.8, 4) is 5.75 Å². The normalized spacial score (nSPS) is 11.2. The Bertz CT molecular complexity index is 1060. The van der Waals surface area contributed by atoms with Crippen molar-refractivity contribution in [1.29, 1.82) is 0 Å². The van der Waals surface area contributed by atoms with E-state index < -0.39 is 0 Å². The van der Waals surface area contributed by atoms with E-state index >= 15 is 0 Å². The molecule has 0 fully saturated rings. The molecule has 0 aliphatic carbocycles. The van der Waals surface area contributed by atoms with Gasteiger partial charge in [0.25, 0.3) is 0 Å². The summed E-state index contributed by atoms with van der Waals surface area (Å²) in [5.74, 6) is 1.03. The molecule has 6 heteroatoms. The third-order valence-electron chi connectivity index (χ3n) is 3.97. The summed E-state index contributed by atoms with van der Waals surface area (Å²) in [6.45, 7) is 0. The molecule has 2 N–H and O–H groups in total. The van der Waals surface area contributed by atoms with Gasteiger partial charge in [0.1, 0.15) is 11.3 Å². The van der Waals surface area contributed by atoms with Crippen LogP contribution >= 0.6 is 11.6 Å². The number of ether oxygens (including phenoxy) is 1. The summed E-state index contributed by atoms with van der Waals surface area (Å²) in [5, 5.41) is 6.26. The first-order valence-electron chi connectivity index (χ1n) is 7.51.